The smallest absolute Gasteiger partial charge is 0.321 e. The van der Waals surface area contributed by atoms with E-state index in [4.69, 9.17) is 0 Å². The Bertz CT molecular complexity index is 691. The number of benzene rings is 1. The normalized spacial score (nSPS) is 23.1. The van der Waals surface area contributed by atoms with Crippen LogP contribution in [0.5, 0.6) is 0 Å². The molecule has 140 valence electrons. The van der Waals surface area contributed by atoms with E-state index in [1.807, 2.05) is 44.2 Å². The average Bonchev–Trinajstić information content (AvgIpc) is 2.86. The molecule has 2 fully saturated rings. The van der Waals surface area contributed by atoms with Crippen molar-refractivity contribution in [1.82, 2.24) is 15.1 Å². The van der Waals surface area contributed by atoms with E-state index in [0.29, 0.717) is 39.1 Å². The third-order valence-corrected chi connectivity index (χ3v) is 5.01. The molecule has 1 aromatic carbocycles. The predicted octanol–water partition coefficient (Wildman–Crippen LogP) is 1.52. The standard InChI is InChI=1S/C19H26N4O3/c1-14(2)17(25)22-8-9-23(13-19(12-22)10-16(24)20-11-19)18(26)21-15-6-4-3-5-7-15/h3-7,14H,8-13H2,1-2H3,(H,20,24)(H,21,26)/t19-/m1/s1. The van der Waals surface area contributed by atoms with Gasteiger partial charge in [-0.05, 0) is 12.1 Å². The fourth-order valence-electron chi connectivity index (χ4n) is 3.69. The number of nitrogens with one attached hydrogen (secondary N) is 2. The summed E-state index contributed by atoms with van der Waals surface area (Å²) in [5.41, 5.74) is 0.304. The maximum Gasteiger partial charge on any atom is 0.321 e. The van der Waals surface area contributed by atoms with Gasteiger partial charge in [-0.1, -0.05) is 32.0 Å². The summed E-state index contributed by atoms with van der Waals surface area (Å²) in [7, 11) is 0. The fourth-order valence-corrected chi connectivity index (χ4v) is 3.69. The van der Waals surface area contributed by atoms with Crippen LogP contribution >= 0.6 is 0 Å². The number of hydrogen-bond donors (Lipinski definition) is 2. The van der Waals surface area contributed by atoms with Crippen molar-refractivity contribution in [3.8, 4) is 0 Å². The lowest BCUT2D eigenvalue weighted by atomic mass is 9.86. The van der Waals surface area contributed by atoms with E-state index in [9.17, 15) is 14.4 Å². The zero-order valence-electron chi connectivity index (χ0n) is 15.3. The molecule has 7 nitrogen and oxygen atoms in total. The second kappa shape index (κ2) is 7.35. The molecule has 26 heavy (non-hydrogen) atoms. The van der Waals surface area contributed by atoms with Gasteiger partial charge >= 0.3 is 6.03 Å². The van der Waals surface area contributed by atoms with E-state index >= 15 is 0 Å². The van der Waals surface area contributed by atoms with Crippen LogP contribution in [0.2, 0.25) is 0 Å². The van der Waals surface area contributed by atoms with Crippen molar-refractivity contribution in [3.05, 3.63) is 30.3 Å². The number of carbonyl (C=O) groups is 3. The second-order valence-corrected chi connectivity index (χ2v) is 7.59. The Balaban J connectivity index is 1.78. The van der Waals surface area contributed by atoms with Crippen molar-refractivity contribution >= 4 is 23.5 Å². The molecule has 2 aliphatic rings. The molecule has 0 unspecified atom stereocenters. The van der Waals surface area contributed by atoms with Gasteiger partial charge in [0, 0.05) is 56.2 Å². The molecule has 0 aromatic heterocycles. The minimum Gasteiger partial charge on any atom is -0.355 e. The van der Waals surface area contributed by atoms with Crippen molar-refractivity contribution in [2.75, 3.05) is 38.0 Å². The molecule has 2 saturated heterocycles. The number of amides is 4. The summed E-state index contributed by atoms with van der Waals surface area (Å²) >= 11 is 0. The lowest BCUT2D eigenvalue weighted by molar-refractivity contribution is -0.135. The van der Waals surface area contributed by atoms with E-state index in [1.54, 1.807) is 9.80 Å². The molecular weight excluding hydrogens is 332 g/mol. The monoisotopic (exact) mass is 358 g/mol. The van der Waals surface area contributed by atoms with Gasteiger partial charge in [0.05, 0.1) is 0 Å². The molecule has 2 N–H and O–H groups in total. The van der Waals surface area contributed by atoms with Crippen molar-refractivity contribution in [2.45, 2.75) is 20.3 Å². The Hall–Kier alpha value is -2.57. The van der Waals surface area contributed by atoms with Crippen LogP contribution in [0.1, 0.15) is 20.3 Å². The van der Waals surface area contributed by atoms with Gasteiger partial charge in [-0.2, -0.15) is 0 Å². The van der Waals surface area contributed by atoms with Crippen LogP contribution in [0, 0.1) is 11.3 Å². The Morgan fingerprint density at radius 1 is 1.12 bits per heavy atom. The van der Waals surface area contributed by atoms with Gasteiger partial charge in [-0.3, -0.25) is 9.59 Å². The number of rotatable bonds is 2. The van der Waals surface area contributed by atoms with Crippen LogP contribution in [0.25, 0.3) is 0 Å². The van der Waals surface area contributed by atoms with E-state index in [2.05, 4.69) is 10.6 Å². The highest BCUT2D eigenvalue weighted by molar-refractivity contribution is 5.89. The molecule has 0 bridgehead atoms. The van der Waals surface area contributed by atoms with Gasteiger partial charge in [-0.15, -0.1) is 0 Å². The Labute approximate surface area is 153 Å². The first-order chi connectivity index (χ1) is 12.4. The van der Waals surface area contributed by atoms with Gasteiger partial charge in [0.15, 0.2) is 0 Å². The lowest BCUT2D eigenvalue weighted by Gasteiger charge is -2.33. The molecule has 4 amide bonds. The zero-order chi connectivity index (χ0) is 18.7. The highest BCUT2D eigenvalue weighted by Crippen LogP contribution is 2.31. The van der Waals surface area contributed by atoms with Crippen molar-refractivity contribution in [1.29, 1.82) is 0 Å². The van der Waals surface area contributed by atoms with E-state index in [0.717, 1.165) is 5.69 Å². The molecule has 2 heterocycles. The Morgan fingerprint density at radius 3 is 2.38 bits per heavy atom. The third-order valence-electron chi connectivity index (χ3n) is 5.01. The van der Waals surface area contributed by atoms with Gasteiger partial charge < -0.3 is 20.4 Å². The topological polar surface area (TPSA) is 81.8 Å². The third kappa shape index (κ3) is 3.98. The number of para-hydroxylation sites is 1. The van der Waals surface area contributed by atoms with Crippen molar-refractivity contribution < 1.29 is 14.4 Å². The first kappa shape index (κ1) is 18.2. The first-order valence-electron chi connectivity index (χ1n) is 9.05. The fraction of sp³-hybridized carbons (Fsp3) is 0.526. The summed E-state index contributed by atoms with van der Waals surface area (Å²) in [5, 5.41) is 5.77. The molecule has 0 radical (unpaired) electrons. The Kier molecular flexibility index (Phi) is 5.15. The lowest BCUT2D eigenvalue weighted by Crippen LogP contribution is -2.46. The van der Waals surface area contributed by atoms with Crippen molar-refractivity contribution in [2.24, 2.45) is 11.3 Å². The van der Waals surface area contributed by atoms with Crippen LogP contribution in [0.3, 0.4) is 0 Å². The second-order valence-electron chi connectivity index (χ2n) is 7.59. The van der Waals surface area contributed by atoms with E-state index in [1.165, 1.54) is 0 Å². The molecule has 3 rings (SSSR count). The largest absolute Gasteiger partial charge is 0.355 e. The van der Waals surface area contributed by atoms with Gasteiger partial charge in [0.25, 0.3) is 0 Å². The average molecular weight is 358 g/mol. The van der Waals surface area contributed by atoms with Crippen LogP contribution in [-0.4, -0.2) is 60.4 Å². The Morgan fingerprint density at radius 2 is 1.77 bits per heavy atom. The molecule has 1 spiro atoms. The minimum absolute atomic E-state index is 0.0211. The summed E-state index contributed by atoms with van der Waals surface area (Å²) in [6, 6.07) is 9.09. The van der Waals surface area contributed by atoms with Crippen LogP contribution in [0.4, 0.5) is 10.5 Å². The number of anilines is 1. The van der Waals surface area contributed by atoms with Gasteiger partial charge in [0.1, 0.15) is 0 Å². The molecule has 0 aliphatic carbocycles. The summed E-state index contributed by atoms with van der Waals surface area (Å²) in [4.78, 5) is 40.7. The van der Waals surface area contributed by atoms with Crippen molar-refractivity contribution in [3.63, 3.8) is 0 Å². The molecule has 1 atom stereocenters. The summed E-state index contributed by atoms with van der Waals surface area (Å²) in [6.45, 7) is 6.12. The van der Waals surface area contributed by atoms with Crippen LogP contribution in [-0.2, 0) is 9.59 Å². The minimum atomic E-state index is -0.424. The zero-order valence-corrected chi connectivity index (χ0v) is 15.3. The first-order valence-corrected chi connectivity index (χ1v) is 9.05. The predicted molar refractivity (Wildman–Crippen MR) is 98.5 cm³/mol. The SMILES string of the molecule is CC(C)C(=O)N1CCN(C(=O)Nc2ccccc2)C[C@]2(CNC(=O)C2)C1. The number of urea groups is 1. The maximum atomic E-state index is 12.8. The van der Waals surface area contributed by atoms with Gasteiger partial charge in [-0.25, -0.2) is 4.79 Å². The number of carbonyl (C=O) groups excluding carboxylic acids is 3. The maximum absolute atomic E-state index is 12.8. The number of nitrogens with zero attached hydrogens (tertiary/aromatic N) is 2. The van der Waals surface area contributed by atoms with Crippen LogP contribution < -0.4 is 10.6 Å². The highest BCUT2D eigenvalue weighted by atomic mass is 16.2. The molecule has 7 heteroatoms. The molecular formula is C19H26N4O3. The van der Waals surface area contributed by atoms with E-state index in [-0.39, 0.29) is 23.8 Å². The molecule has 1 aromatic rings. The van der Waals surface area contributed by atoms with Gasteiger partial charge in [0.2, 0.25) is 11.8 Å². The quantitative estimate of drug-likeness (QED) is 0.841. The molecule has 0 saturated carbocycles. The summed E-state index contributed by atoms with van der Waals surface area (Å²) in [5.74, 6) is -0.0666. The summed E-state index contributed by atoms with van der Waals surface area (Å²) < 4.78 is 0. The summed E-state index contributed by atoms with van der Waals surface area (Å²) in [6.07, 6.45) is 0.337. The number of hydrogen-bond acceptors (Lipinski definition) is 3. The van der Waals surface area contributed by atoms with E-state index < -0.39 is 5.41 Å². The van der Waals surface area contributed by atoms with Crippen LogP contribution in [0.15, 0.2) is 30.3 Å². The molecule has 2 aliphatic heterocycles. The highest BCUT2D eigenvalue weighted by Gasteiger charge is 2.45.